The normalized spacial score (nSPS) is 20.0. The maximum atomic E-state index is 12.6. The summed E-state index contributed by atoms with van der Waals surface area (Å²) in [5.41, 5.74) is 0.773. The Kier molecular flexibility index (Phi) is 5.72. The molecule has 1 aliphatic rings. The van der Waals surface area contributed by atoms with Crippen LogP contribution in [0.25, 0.3) is 0 Å². The third-order valence-electron chi connectivity index (χ3n) is 4.28. The van der Waals surface area contributed by atoms with Crippen LogP contribution in [0.4, 0.5) is 0 Å². The van der Waals surface area contributed by atoms with E-state index in [0.29, 0.717) is 13.0 Å². The SMILES string of the molecule is CCN(C(=O)[C@@H](C)OC(=O)c1ccc(C)cc1O)[C@@H]1CCS(=O)(=O)C1. The molecule has 8 heteroatoms. The van der Waals surface area contributed by atoms with Crippen molar-refractivity contribution in [2.24, 2.45) is 0 Å². The smallest absolute Gasteiger partial charge is 0.342 e. The van der Waals surface area contributed by atoms with E-state index in [0.717, 1.165) is 5.56 Å². The van der Waals surface area contributed by atoms with Gasteiger partial charge in [-0.05, 0) is 44.9 Å². The largest absolute Gasteiger partial charge is 0.507 e. The molecule has 1 amide bonds. The topological polar surface area (TPSA) is 101 Å². The molecule has 0 spiro atoms. The van der Waals surface area contributed by atoms with Gasteiger partial charge in [0.1, 0.15) is 11.3 Å². The lowest BCUT2D eigenvalue weighted by atomic mass is 10.1. The number of carbonyl (C=O) groups excluding carboxylic acids is 2. The maximum absolute atomic E-state index is 12.6. The maximum Gasteiger partial charge on any atom is 0.342 e. The first kappa shape index (κ1) is 19.2. The molecule has 2 atom stereocenters. The summed E-state index contributed by atoms with van der Waals surface area (Å²) in [7, 11) is -3.12. The van der Waals surface area contributed by atoms with E-state index < -0.39 is 33.9 Å². The lowest BCUT2D eigenvalue weighted by Crippen LogP contribution is -2.46. The third kappa shape index (κ3) is 4.50. The fraction of sp³-hybridized carbons (Fsp3) is 0.529. The van der Waals surface area contributed by atoms with Crippen molar-refractivity contribution in [3.05, 3.63) is 29.3 Å². The molecule has 1 N–H and O–H groups in total. The summed E-state index contributed by atoms with van der Waals surface area (Å²) in [4.78, 5) is 26.2. The summed E-state index contributed by atoms with van der Waals surface area (Å²) in [6, 6.07) is 4.14. The van der Waals surface area contributed by atoms with Crippen LogP contribution in [0.3, 0.4) is 0 Å². The van der Waals surface area contributed by atoms with Gasteiger partial charge in [-0.25, -0.2) is 13.2 Å². The van der Waals surface area contributed by atoms with Crippen LogP contribution in [0.5, 0.6) is 5.75 Å². The second-order valence-corrected chi connectivity index (χ2v) is 8.48. The zero-order valence-corrected chi connectivity index (χ0v) is 15.4. The molecule has 0 aromatic heterocycles. The van der Waals surface area contributed by atoms with Crippen LogP contribution >= 0.6 is 0 Å². The number of hydrogen-bond donors (Lipinski definition) is 1. The molecule has 1 fully saturated rings. The molecule has 138 valence electrons. The van der Waals surface area contributed by atoms with Crippen LogP contribution in [0, 0.1) is 6.92 Å². The number of benzene rings is 1. The van der Waals surface area contributed by atoms with E-state index >= 15 is 0 Å². The minimum absolute atomic E-state index is 0.0169. The summed E-state index contributed by atoms with van der Waals surface area (Å²) in [5, 5.41) is 9.84. The van der Waals surface area contributed by atoms with Gasteiger partial charge in [-0.3, -0.25) is 4.79 Å². The Morgan fingerprint density at radius 1 is 1.40 bits per heavy atom. The number of ether oxygens (including phenoxy) is 1. The molecular formula is C17H23NO6S. The lowest BCUT2D eigenvalue weighted by molar-refractivity contribution is -0.141. The number of aryl methyl sites for hydroxylation is 1. The highest BCUT2D eigenvalue weighted by Crippen LogP contribution is 2.22. The van der Waals surface area contributed by atoms with Crippen molar-refractivity contribution in [1.82, 2.24) is 4.90 Å². The molecule has 0 aliphatic carbocycles. The van der Waals surface area contributed by atoms with E-state index in [-0.39, 0.29) is 22.8 Å². The Hall–Kier alpha value is -2.09. The van der Waals surface area contributed by atoms with Gasteiger partial charge < -0.3 is 14.7 Å². The zero-order valence-electron chi connectivity index (χ0n) is 14.6. The van der Waals surface area contributed by atoms with Crippen LogP contribution in [0.2, 0.25) is 0 Å². The summed E-state index contributed by atoms with van der Waals surface area (Å²) in [6.07, 6.45) is -0.683. The average Bonchev–Trinajstić information content (AvgIpc) is 2.87. The Balaban J connectivity index is 2.06. The van der Waals surface area contributed by atoms with Crippen LogP contribution in [-0.4, -0.2) is 60.5 Å². The molecule has 1 aliphatic heterocycles. The van der Waals surface area contributed by atoms with Gasteiger partial charge in [-0.15, -0.1) is 0 Å². The number of aromatic hydroxyl groups is 1. The lowest BCUT2D eigenvalue weighted by Gasteiger charge is -2.29. The molecule has 1 aromatic carbocycles. The summed E-state index contributed by atoms with van der Waals surface area (Å²) < 4.78 is 28.4. The van der Waals surface area contributed by atoms with E-state index in [9.17, 15) is 23.1 Å². The average molecular weight is 369 g/mol. The molecule has 1 aromatic rings. The number of esters is 1. The zero-order chi connectivity index (χ0) is 18.8. The second-order valence-electron chi connectivity index (χ2n) is 6.25. The van der Waals surface area contributed by atoms with Crippen LogP contribution in [0.15, 0.2) is 18.2 Å². The minimum atomic E-state index is -3.12. The number of likely N-dealkylation sites (N-methyl/N-ethyl adjacent to an activating group) is 1. The van der Waals surface area contributed by atoms with Gasteiger partial charge in [-0.2, -0.15) is 0 Å². The molecular weight excluding hydrogens is 346 g/mol. The predicted molar refractivity (Wildman–Crippen MR) is 92.2 cm³/mol. The van der Waals surface area contributed by atoms with E-state index in [1.54, 1.807) is 19.9 Å². The number of sulfone groups is 1. The summed E-state index contributed by atoms with van der Waals surface area (Å²) >= 11 is 0. The van der Waals surface area contributed by atoms with Gasteiger partial charge in [0.2, 0.25) is 0 Å². The van der Waals surface area contributed by atoms with Crippen LogP contribution < -0.4 is 0 Å². The van der Waals surface area contributed by atoms with Gasteiger partial charge in [0, 0.05) is 12.6 Å². The highest BCUT2D eigenvalue weighted by atomic mass is 32.2. The molecule has 0 unspecified atom stereocenters. The van der Waals surface area contributed by atoms with Crippen LogP contribution in [-0.2, 0) is 19.4 Å². The Bertz CT molecular complexity index is 773. The summed E-state index contributed by atoms with van der Waals surface area (Å²) in [6.45, 7) is 5.30. The first-order valence-corrected chi connectivity index (χ1v) is 9.98. The number of rotatable bonds is 5. The first-order valence-electron chi connectivity index (χ1n) is 8.16. The molecule has 25 heavy (non-hydrogen) atoms. The van der Waals surface area contributed by atoms with Gasteiger partial charge in [-0.1, -0.05) is 6.07 Å². The number of nitrogens with zero attached hydrogens (tertiary/aromatic N) is 1. The van der Waals surface area contributed by atoms with Crippen molar-refractivity contribution in [3.8, 4) is 5.75 Å². The van der Waals surface area contributed by atoms with Crippen molar-refractivity contribution >= 4 is 21.7 Å². The molecule has 1 heterocycles. The van der Waals surface area contributed by atoms with E-state index in [4.69, 9.17) is 4.74 Å². The minimum Gasteiger partial charge on any atom is -0.507 e. The van der Waals surface area contributed by atoms with Crippen LogP contribution in [0.1, 0.15) is 36.2 Å². The standard InChI is InChI=1S/C17H23NO6S/c1-4-18(13-7-8-25(22,23)10-13)16(20)12(3)24-17(21)14-6-5-11(2)9-15(14)19/h5-6,9,12-13,19H,4,7-8,10H2,1-3H3/t12-,13-/m1/s1. The highest BCUT2D eigenvalue weighted by Gasteiger charge is 2.36. The van der Waals surface area contributed by atoms with Gasteiger partial charge in [0.25, 0.3) is 5.91 Å². The number of amides is 1. The fourth-order valence-electron chi connectivity index (χ4n) is 2.94. The van der Waals surface area contributed by atoms with Crippen molar-refractivity contribution in [2.45, 2.75) is 39.3 Å². The van der Waals surface area contributed by atoms with Crippen molar-refractivity contribution in [2.75, 3.05) is 18.1 Å². The first-order chi connectivity index (χ1) is 11.6. The molecule has 7 nitrogen and oxygen atoms in total. The monoisotopic (exact) mass is 369 g/mol. The van der Waals surface area contributed by atoms with E-state index in [1.807, 2.05) is 0 Å². The van der Waals surface area contributed by atoms with Gasteiger partial charge in [0.05, 0.1) is 11.5 Å². The van der Waals surface area contributed by atoms with E-state index in [1.165, 1.54) is 24.0 Å². The fourth-order valence-corrected chi connectivity index (χ4v) is 4.67. The Labute approximate surface area is 147 Å². The van der Waals surface area contributed by atoms with Crippen molar-refractivity contribution < 1.29 is 27.9 Å². The quantitative estimate of drug-likeness (QED) is 0.785. The Morgan fingerprint density at radius 3 is 2.60 bits per heavy atom. The molecule has 0 saturated carbocycles. The molecule has 0 radical (unpaired) electrons. The molecule has 1 saturated heterocycles. The second kappa shape index (κ2) is 7.43. The third-order valence-corrected chi connectivity index (χ3v) is 6.03. The van der Waals surface area contributed by atoms with Gasteiger partial charge >= 0.3 is 5.97 Å². The van der Waals surface area contributed by atoms with Gasteiger partial charge in [0.15, 0.2) is 15.9 Å². The molecule has 2 rings (SSSR count). The Morgan fingerprint density at radius 2 is 2.08 bits per heavy atom. The number of phenols is 1. The number of hydrogen-bond acceptors (Lipinski definition) is 6. The van der Waals surface area contributed by atoms with E-state index in [2.05, 4.69) is 0 Å². The number of phenolic OH excluding ortho intramolecular Hbond substituents is 1. The van der Waals surface area contributed by atoms with Crippen molar-refractivity contribution in [1.29, 1.82) is 0 Å². The predicted octanol–water partition coefficient (Wildman–Crippen LogP) is 1.28. The molecule has 0 bridgehead atoms. The summed E-state index contributed by atoms with van der Waals surface area (Å²) in [5.74, 6) is -1.45. The highest BCUT2D eigenvalue weighted by molar-refractivity contribution is 7.91. The van der Waals surface area contributed by atoms with Crippen molar-refractivity contribution in [3.63, 3.8) is 0 Å². The number of carbonyl (C=O) groups is 2.